The Hall–Kier alpha value is -1.36. The van der Waals surface area contributed by atoms with Crippen LogP contribution in [0.4, 0.5) is 11.6 Å². The van der Waals surface area contributed by atoms with Crippen LogP contribution in [0.2, 0.25) is 0 Å². The first-order chi connectivity index (χ1) is 9.77. The van der Waals surface area contributed by atoms with Gasteiger partial charge in [0.1, 0.15) is 17.5 Å². The molecule has 1 aliphatic rings. The highest BCUT2D eigenvalue weighted by molar-refractivity contribution is 5.55. The summed E-state index contributed by atoms with van der Waals surface area (Å²) in [6.07, 6.45) is 2.64. The maximum absolute atomic E-state index is 6.06. The molecule has 0 bridgehead atoms. The largest absolute Gasteiger partial charge is 0.383 e. The van der Waals surface area contributed by atoms with Gasteiger partial charge in [0.05, 0.1) is 0 Å². The summed E-state index contributed by atoms with van der Waals surface area (Å²) in [5, 5.41) is 3.52. The van der Waals surface area contributed by atoms with Gasteiger partial charge in [-0.05, 0) is 39.8 Å². The Kier molecular flexibility index (Phi) is 4.71. The zero-order valence-electron chi connectivity index (χ0n) is 14.0. The van der Waals surface area contributed by atoms with Crippen LogP contribution < -0.4 is 11.1 Å². The summed E-state index contributed by atoms with van der Waals surface area (Å²) >= 11 is 0. The van der Waals surface area contributed by atoms with Crippen molar-refractivity contribution in [2.24, 2.45) is 0 Å². The van der Waals surface area contributed by atoms with Crippen LogP contribution >= 0.6 is 0 Å². The lowest BCUT2D eigenvalue weighted by Crippen LogP contribution is -2.33. The average Bonchev–Trinajstić information content (AvgIpc) is 2.86. The first-order valence-electron chi connectivity index (χ1n) is 7.91. The van der Waals surface area contributed by atoms with Crippen LogP contribution in [0.15, 0.2) is 0 Å². The van der Waals surface area contributed by atoms with Crippen molar-refractivity contribution >= 4 is 11.6 Å². The standard InChI is InChI=1S/C16H29N5/c1-11(10-21-8-6-7-9-21)18-14-12(2)13(17)19-15(20-14)16(3,4)5/h11H,6-10H2,1-5H3,(H3,17,18,19,20). The van der Waals surface area contributed by atoms with Crippen molar-refractivity contribution in [2.45, 2.75) is 58.9 Å². The molecule has 5 heteroatoms. The molecule has 5 nitrogen and oxygen atoms in total. The van der Waals surface area contributed by atoms with Crippen LogP contribution in [-0.4, -0.2) is 40.5 Å². The number of rotatable bonds is 4. The van der Waals surface area contributed by atoms with Gasteiger partial charge in [0, 0.05) is 23.6 Å². The number of aromatic nitrogens is 2. The van der Waals surface area contributed by atoms with E-state index in [-0.39, 0.29) is 5.41 Å². The van der Waals surface area contributed by atoms with Crippen molar-refractivity contribution in [3.8, 4) is 0 Å². The van der Waals surface area contributed by atoms with Crippen LogP contribution in [-0.2, 0) is 5.41 Å². The molecular weight excluding hydrogens is 262 g/mol. The minimum absolute atomic E-state index is 0.101. The van der Waals surface area contributed by atoms with Crippen molar-refractivity contribution < 1.29 is 0 Å². The summed E-state index contributed by atoms with van der Waals surface area (Å²) < 4.78 is 0. The van der Waals surface area contributed by atoms with E-state index in [1.54, 1.807) is 0 Å². The Morgan fingerprint density at radius 1 is 1.24 bits per heavy atom. The van der Waals surface area contributed by atoms with Crippen LogP contribution in [0.25, 0.3) is 0 Å². The van der Waals surface area contributed by atoms with E-state index < -0.39 is 0 Å². The number of likely N-dealkylation sites (tertiary alicyclic amines) is 1. The molecule has 0 aromatic carbocycles. The summed E-state index contributed by atoms with van der Waals surface area (Å²) in [5.74, 6) is 2.24. The molecule has 1 fully saturated rings. The van der Waals surface area contributed by atoms with Gasteiger partial charge in [-0.1, -0.05) is 20.8 Å². The first kappa shape index (κ1) is 16.0. The Morgan fingerprint density at radius 2 is 1.86 bits per heavy atom. The lowest BCUT2D eigenvalue weighted by Gasteiger charge is -2.24. The highest BCUT2D eigenvalue weighted by atomic mass is 15.2. The highest BCUT2D eigenvalue weighted by Gasteiger charge is 2.21. The van der Waals surface area contributed by atoms with Gasteiger partial charge in [-0.2, -0.15) is 0 Å². The maximum Gasteiger partial charge on any atom is 0.138 e. The fourth-order valence-corrected chi connectivity index (χ4v) is 2.64. The van der Waals surface area contributed by atoms with Gasteiger partial charge in [-0.15, -0.1) is 0 Å². The number of nitrogen functional groups attached to an aromatic ring is 1. The van der Waals surface area contributed by atoms with Gasteiger partial charge in [0.25, 0.3) is 0 Å². The van der Waals surface area contributed by atoms with E-state index in [0.29, 0.717) is 11.9 Å². The predicted octanol–water partition coefficient (Wildman–Crippen LogP) is 2.56. The van der Waals surface area contributed by atoms with Crippen LogP contribution in [0, 0.1) is 6.92 Å². The Labute approximate surface area is 128 Å². The zero-order chi connectivity index (χ0) is 15.6. The SMILES string of the molecule is Cc1c(N)nc(C(C)(C)C)nc1NC(C)CN1CCCC1. The molecule has 2 heterocycles. The lowest BCUT2D eigenvalue weighted by atomic mass is 9.95. The Morgan fingerprint density at radius 3 is 2.43 bits per heavy atom. The molecule has 0 saturated carbocycles. The van der Waals surface area contributed by atoms with Crippen molar-refractivity contribution in [3.05, 3.63) is 11.4 Å². The molecular formula is C16H29N5. The average molecular weight is 291 g/mol. The minimum atomic E-state index is -0.101. The predicted molar refractivity (Wildman–Crippen MR) is 88.6 cm³/mol. The van der Waals surface area contributed by atoms with Gasteiger partial charge in [0.15, 0.2) is 0 Å². The third-order valence-electron chi connectivity index (χ3n) is 3.97. The minimum Gasteiger partial charge on any atom is -0.383 e. The summed E-state index contributed by atoms with van der Waals surface area (Å²) in [4.78, 5) is 11.6. The van der Waals surface area contributed by atoms with Gasteiger partial charge in [0.2, 0.25) is 0 Å². The molecule has 3 N–H and O–H groups in total. The number of anilines is 2. The van der Waals surface area contributed by atoms with E-state index in [4.69, 9.17) is 10.7 Å². The van der Waals surface area contributed by atoms with Crippen LogP contribution in [0.5, 0.6) is 0 Å². The third-order valence-corrected chi connectivity index (χ3v) is 3.97. The van der Waals surface area contributed by atoms with Crippen molar-refractivity contribution in [1.82, 2.24) is 14.9 Å². The molecule has 0 aliphatic carbocycles. The highest BCUT2D eigenvalue weighted by Crippen LogP contribution is 2.25. The third kappa shape index (κ3) is 4.06. The van der Waals surface area contributed by atoms with E-state index in [2.05, 4.69) is 42.9 Å². The van der Waals surface area contributed by atoms with E-state index in [9.17, 15) is 0 Å². The molecule has 1 unspecified atom stereocenters. The number of nitrogens with one attached hydrogen (secondary N) is 1. The van der Waals surface area contributed by atoms with E-state index in [1.165, 1.54) is 25.9 Å². The lowest BCUT2D eigenvalue weighted by molar-refractivity contribution is 0.327. The second-order valence-electron chi connectivity index (χ2n) is 7.21. The summed E-state index contributed by atoms with van der Waals surface area (Å²) in [6, 6.07) is 0.351. The molecule has 1 atom stereocenters. The fourth-order valence-electron chi connectivity index (χ4n) is 2.64. The quantitative estimate of drug-likeness (QED) is 0.892. The van der Waals surface area contributed by atoms with Gasteiger partial charge < -0.3 is 16.0 Å². The van der Waals surface area contributed by atoms with Crippen LogP contribution in [0.1, 0.15) is 51.9 Å². The molecule has 1 aliphatic heterocycles. The van der Waals surface area contributed by atoms with E-state index >= 15 is 0 Å². The smallest absolute Gasteiger partial charge is 0.138 e. The van der Waals surface area contributed by atoms with E-state index in [0.717, 1.165) is 23.8 Å². The van der Waals surface area contributed by atoms with E-state index in [1.807, 2.05) is 6.92 Å². The number of hydrogen-bond acceptors (Lipinski definition) is 5. The summed E-state index contributed by atoms with van der Waals surface area (Å²) in [7, 11) is 0. The molecule has 1 aromatic heterocycles. The molecule has 21 heavy (non-hydrogen) atoms. The Bertz CT molecular complexity index is 486. The number of nitrogens with zero attached hydrogens (tertiary/aromatic N) is 3. The molecule has 1 aromatic rings. The zero-order valence-corrected chi connectivity index (χ0v) is 14.0. The van der Waals surface area contributed by atoms with Gasteiger partial charge in [-0.3, -0.25) is 0 Å². The second kappa shape index (κ2) is 6.18. The number of nitrogens with two attached hydrogens (primary N) is 1. The normalized spacial score (nSPS) is 18.0. The monoisotopic (exact) mass is 291 g/mol. The topological polar surface area (TPSA) is 67.1 Å². The second-order valence-corrected chi connectivity index (χ2v) is 7.21. The van der Waals surface area contributed by atoms with Crippen molar-refractivity contribution in [1.29, 1.82) is 0 Å². The molecule has 0 amide bonds. The van der Waals surface area contributed by atoms with Crippen LogP contribution in [0.3, 0.4) is 0 Å². The first-order valence-corrected chi connectivity index (χ1v) is 7.91. The van der Waals surface area contributed by atoms with Gasteiger partial charge >= 0.3 is 0 Å². The summed E-state index contributed by atoms with van der Waals surface area (Å²) in [5.41, 5.74) is 6.90. The molecule has 118 valence electrons. The van der Waals surface area contributed by atoms with Gasteiger partial charge in [-0.25, -0.2) is 9.97 Å². The molecule has 0 radical (unpaired) electrons. The Balaban J connectivity index is 2.12. The number of hydrogen-bond donors (Lipinski definition) is 2. The molecule has 0 spiro atoms. The molecule has 2 rings (SSSR count). The molecule has 1 saturated heterocycles. The fraction of sp³-hybridized carbons (Fsp3) is 0.750. The summed E-state index contributed by atoms with van der Waals surface area (Å²) in [6.45, 7) is 14.0. The van der Waals surface area contributed by atoms with Crippen molar-refractivity contribution in [3.63, 3.8) is 0 Å². The van der Waals surface area contributed by atoms with Crippen molar-refractivity contribution in [2.75, 3.05) is 30.7 Å². The maximum atomic E-state index is 6.06.